The number of alkyl halides is 1. The quantitative estimate of drug-likeness (QED) is 0.260. The van der Waals surface area contributed by atoms with E-state index in [0.717, 1.165) is 38.5 Å². The van der Waals surface area contributed by atoms with E-state index in [1.165, 1.54) is 6.42 Å². The van der Waals surface area contributed by atoms with Crippen LogP contribution in [0.1, 0.15) is 51.4 Å². The van der Waals surface area contributed by atoms with Crippen LogP contribution in [-0.2, 0) is 14.3 Å². The first-order valence-corrected chi connectivity index (χ1v) is 9.07. The molecule has 2 N–H and O–H groups in total. The molecule has 0 spiro atoms. The van der Waals surface area contributed by atoms with Gasteiger partial charge in [-0.05, 0) is 32.1 Å². The van der Waals surface area contributed by atoms with Crippen LogP contribution in [0.25, 0.3) is 0 Å². The second kappa shape index (κ2) is 11.7. The van der Waals surface area contributed by atoms with E-state index in [-0.39, 0.29) is 22.5 Å². The van der Waals surface area contributed by atoms with Crippen LogP contribution in [0.3, 0.4) is 0 Å². The SMILES string of the molecule is O=C(COC1C#CCCCCC1)NCCCC[C@@H](I)C(=O)O. The number of ether oxygens (including phenoxy) is 1. The summed E-state index contributed by atoms with van der Waals surface area (Å²) < 4.78 is 5.19. The highest BCUT2D eigenvalue weighted by Gasteiger charge is 2.12. The third-order valence-electron chi connectivity index (χ3n) is 3.42. The fourth-order valence-corrected chi connectivity index (χ4v) is 2.57. The highest BCUT2D eigenvalue weighted by atomic mass is 127. The van der Waals surface area contributed by atoms with E-state index in [2.05, 4.69) is 17.2 Å². The smallest absolute Gasteiger partial charge is 0.316 e. The van der Waals surface area contributed by atoms with E-state index in [1.54, 1.807) is 0 Å². The molecule has 0 aromatic rings. The van der Waals surface area contributed by atoms with Gasteiger partial charge in [-0.2, -0.15) is 0 Å². The van der Waals surface area contributed by atoms with Crippen LogP contribution >= 0.6 is 22.6 Å². The number of carboxylic acid groups (broad SMARTS) is 1. The normalized spacial score (nSPS) is 19.2. The Morgan fingerprint density at radius 1 is 1.32 bits per heavy atom. The fraction of sp³-hybridized carbons (Fsp3) is 0.750. The number of carboxylic acids is 1. The number of hydrogen-bond donors (Lipinski definition) is 2. The van der Waals surface area contributed by atoms with Crippen LogP contribution in [0.15, 0.2) is 0 Å². The minimum Gasteiger partial charge on any atom is -0.480 e. The molecule has 0 aliphatic heterocycles. The number of carbonyl (C=O) groups is 2. The lowest BCUT2D eigenvalue weighted by Gasteiger charge is -2.13. The maximum absolute atomic E-state index is 11.7. The molecular weight excluding hydrogens is 397 g/mol. The Morgan fingerprint density at radius 2 is 2.14 bits per heavy atom. The maximum atomic E-state index is 11.7. The van der Waals surface area contributed by atoms with Gasteiger partial charge in [-0.15, -0.1) is 5.92 Å². The number of amides is 1. The van der Waals surface area contributed by atoms with Gasteiger partial charge in [-0.3, -0.25) is 9.59 Å². The summed E-state index contributed by atoms with van der Waals surface area (Å²) >= 11 is 1.92. The minimum absolute atomic E-state index is 0.0450. The molecule has 1 aliphatic rings. The molecule has 6 heteroatoms. The van der Waals surface area contributed by atoms with Crippen molar-refractivity contribution in [2.75, 3.05) is 13.2 Å². The standard InChI is InChI=1S/C16H24INO4/c17-14(16(20)21)10-6-7-11-18-15(19)12-22-13-8-4-2-1-3-5-9-13/h13-14H,1-4,6-8,10-12H2,(H,18,19)(H,20,21)/t13?,14-/m1/s1. The van der Waals surface area contributed by atoms with E-state index in [1.807, 2.05) is 22.6 Å². The van der Waals surface area contributed by atoms with Gasteiger partial charge in [-0.25, -0.2) is 0 Å². The van der Waals surface area contributed by atoms with Gasteiger partial charge in [0.2, 0.25) is 5.91 Å². The average molecular weight is 421 g/mol. The van der Waals surface area contributed by atoms with Gasteiger partial charge in [-0.1, -0.05) is 41.4 Å². The number of rotatable bonds is 9. The second-order valence-electron chi connectivity index (χ2n) is 5.37. The topological polar surface area (TPSA) is 75.6 Å². The van der Waals surface area contributed by atoms with Crippen LogP contribution in [0.4, 0.5) is 0 Å². The molecule has 1 amide bonds. The van der Waals surface area contributed by atoms with Gasteiger partial charge in [0.15, 0.2) is 0 Å². The lowest BCUT2D eigenvalue weighted by molar-refractivity contribution is -0.136. The predicted octanol–water partition coefficient (Wildman–Crippen LogP) is 2.51. The van der Waals surface area contributed by atoms with Crippen molar-refractivity contribution in [3.05, 3.63) is 0 Å². The number of halogens is 1. The van der Waals surface area contributed by atoms with Crippen molar-refractivity contribution in [3.63, 3.8) is 0 Å². The van der Waals surface area contributed by atoms with Crippen molar-refractivity contribution in [2.45, 2.75) is 61.4 Å². The van der Waals surface area contributed by atoms with E-state index in [0.29, 0.717) is 13.0 Å². The molecule has 0 saturated heterocycles. The molecule has 2 atom stereocenters. The van der Waals surface area contributed by atoms with Crippen LogP contribution in [0.2, 0.25) is 0 Å². The Morgan fingerprint density at radius 3 is 2.91 bits per heavy atom. The van der Waals surface area contributed by atoms with Crippen molar-refractivity contribution in [2.24, 2.45) is 0 Å². The largest absolute Gasteiger partial charge is 0.480 e. The zero-order chi connectivity index (χ0) is 16.2. The van der Waals surface area contributed by atoms with Crippen LogP contribution < -0.4 is 5.32 Å². The van der Waals surface area contributed by atoms with Crippen LogP contribution in [0, 0.1) is 11.8 Å². The Balaban J connectivity index is 2.07. The van der Waals surface area contributed by atoms with E-state index >= 15 is 0 Å². The zero-order valence-electron chi connectivity index (χ0n) is 12.8. The lowest BCUT2D eigenvalue weighted by Crippen LogP contribution is -2.30. The molecule has 124 valence electrons. The van der Waals surface area contributed by atoms with Crippen molar-refractivity contribution in [1.82, 2.24) is 5.32 Å². The average Bonchev–Trinajstić information content (AvgIpc) is 2.45. The van der Waals surface area contributed by atoms with E-state index < -0.39 is 5.97 Å². The summed E-state index contributed by atoms with van der Waals surface area (Å²) in [6.45, 7) is 0.602. The highest BCUT2D eigenvalue weighted by molar-refractivity contribution is 14.1. The summed E-state index contributed by atoms with van der Waals surface area (Å²) in [6.07, 6.45) is 7.31. The molecule has 0 radical (unpaired) electrons. The summed E-state index contributed by atoms with van der Waals surface area (Å²) in [5.74, 6) is 5.24. The van der Waals surface area contributed by atoms with Gasteiger partial charge in [0.05, 0.1) is 0 Å². The first-order chi connectivity index (χ1) is 10.6. The molecule has 0 aromatic carbocycles. The molecule has 0 bridgehead atoms. The molecule has 0 aromatic heterocycles. The van der Waals surface area contributed by atoms with E-state index in [9.17, 15) is 9.59 Å². The predicted molar refractivity (Wildman–Crippen MR) is 92.9 cm³/mol. The molecule has 0 saturated carbocycles. The summed E-state index contributed by atoms with van der Waals surface area (Å²) in [7, 11) is 0. The molecule has 5 nitrogen and oxygen atoms in total. The molecular formula is C16H24INO4. The fourth-order valence-electron chi connectivity index (χ4n) is 2.13. The first-order valence-electron chi connectivity index (χ1n) is 7.83. The highest BCUT2D eigenvalue weighted by Crippen LogP contribution is 2.11. The third-order valence-corrected chi connectivity index (χ3v) is 4.58. The summed E-state index contributed by atoms with van der Waals surface area (Å²) in [5, 5.41) is 11.5. The first kappa shape index (κ1) is 19.2. The van der Waals surface area contributed by atoms with Gasteiger partial charge in [0.1, 0.15) is 16.6 Å². The molecule has 1 rings (SSSR count). The Kier molecular flexibility index (Phi) is 10.2. The number of nitrogens with one attached hydrogen (secondary N) is 1. The summed E-state index contributed by atoms with van der Waals surface area (Å²) in [6, 6.07) is 0. The number of aliphatic carboxylic acids is 1. The molecule has 1 aliphatic carbocycles. The van der Waals surface area contributed by atoms with Crippen LogP contribution in [0.5, 0.6) is 0 Å². The van der Waals surface area contributed by atoms with Gasteiger partial charge in [0, 0.05) is 13.0 Å². The Hall–Kier alpha value is -0.810. The maximum Gasteiger partial charge on any atom is 0.316 e. The number of hydrogen-bond acceptors (Lipinski definition) is 3. The number of unbranched alkanes of at least 4 members (excludes halogenated alkanes) is 1. The Labute approximate surface area is 145 Å². The van der Waals surface area contributed by atoms with Crippen molar-refractivity contribution in [3.8, 4) is 11.8 Å². The van der Waals surface area contributed by atoms with Gasteiger partial charge >= 0.3 is 5.97 Å². The minimum atomic E-state index is -0.779. The zero-order valence-corrected chi connectivity index (χ0v) is 14.9. The Bertz CT molecular complexity index is 416. The van der Waals surface area contributed by atoms with E-state index in [4.69, 9.17) is 9.84 Å². The number of carbonyl (C=O) groups excluding carboxylic acids is 1. The molecule has 22 heavy (non-hydrogen) atoms. The third kappa shape index (κ3) is 9.26. The van der Waals surface area contributed by atoms with Gasteiger partial charge < -0.3 is 15.2 Å². The lowest BCUT2D eigenvalue weighted by atomic mass is 10.1. The van der Waals surface area contributed by atoms with Crippen molar-refractivity contribution in [1.29, 1.82) is 0 Å². The molecule has 1 unspecified atom stereocenters. The molecule has 0 fully saturated rings. The second-order valence-corrected chi connectivity index (χ2v) is 6.88. The monoisotopic (exact) mass is 421 g/mol. The summed E-state index contributed by atoms with van der Waals surface area (Å²) in [4.78, 5) is 22.3. The van der Waals surface area contributed by atoms with Gasteiger partial charge in [0.25, 0.3) is 0 Å². The van der Waals surface area contributed by atoms with Crippen molar-refractivity contribution >= 4 is 34.5 Å². The van der Waals surface area contributed by atoms with Crippen molar-refractivity contribution < 1.29 is 19.4 Å². The summed E-state index contributed by atoms with van der Waals surface area (Å²) in [5.41, 5.74) is 0. The molecule has 0 heterocycles. The van der Waals surface area contributed by atoms with Crippen LogP contribution in [-0.4, -0.2) is 40.2 Å².